The SMILES string of the molecule is Cn1c(=O)[nH]cc(C(=O)Nc2cnn(C(C)(C)C(=O)O)c2)c1=O. The van der Waals surface area contributed by atoms with Crippen LogP contribution >= 0.6 is 0 Å². The molecule has 0 fully saturated rings. The van der Waals surface area contributed by atoms with Gasteiger partial charge in [-0.05, 0) is 13.8 Å². The fraction of sp³-hybridized carbons (Fsp3) is 0.308. The Morgan fingerprint density at radius 3 is 2.61 bits per heavy atom. The Hall–Kier alpha value is -3.17. The van der Waals surface area contributed by atoms with Crippen LogP contribution in [0.25, 0.3) is 0 Å². The second-order valence-corrected chi connectivity index (χ2v) is 5.36. The molecule has 0 aliphatic carbocycles. The maximum atomic E-state index is 12.1. The maximum Gasteiger partial charge on any atom is 0.331 e. The summed E-state index contributed by atoms with van der Waals surface area (Å²) in [4.78, 5) is 48.6. The minimum atomic E-state index is -1.29. The number of aromatic amines is 1. The molecular formula is C13H15N5O5. The molecule has 0 bridgehead atoms. The highest BCUT2D eigenvalue weighted by Crippen LogP contribution is 2.17. The van der Waals surface area contributed by atoms with Crippen LogP contribution in [0, 0.1) is 0 Å². The molecule has 122 valence electrons. The normalized spacial score (nSPS) is 11.3. The number of aliphatic carboxylic acids is 1. The number of carboxylic acids is 1. The highest BCUT2D eigenvalue weighted by Gasteiger charge is 2.30. The number of amides is 1. The summed E-state index contributed by atoms with van der Waals surface area (Å²) in [5, 5.41) is 15.4. The predicted molar refractivity (Wildman–Crippen MR) is 79.4 cm³/mol. The van der Waals surface area contributed by atoms with Gasteiger partial charge in [0, 0.05) is 19.4 Å². The summed E-state index contributed by atoms with van der Waals surface area (Å²) in [6.45, 7) is 2.90. The van der Waals surface area contributed by atoms with Gasteiger partial charge in [0.1, 0.15) is 5.56 Å². The number of nitrogens with one attached hydrogen (secondary N) is 2. The van der Waals surface area contributed by atoms with Crippen molar-refractivity contribution in [1.29, 1.82) is 0 Å². The standard InChI is InChI=1S/C13H15N5O5/c1-13(2,11(21)22)18-6-7(4-15-18)16-9(19)8-5-14-12(23)17(3)10(8)20/h4-6H,1-3H3,(H,14,23)(H,16,19)(H,21,22). The highest BCUT2D eigenvalue weighted by molar-refractivity contribution is 6.03. The summed E-state index contributed by atoms with van der Waals surface area (Å²) in [6, 6.07) is 0. The first kappa shape index (κ1) is 16.2. The van der Waals surface area contributed by atoms with Crippen molar-refractivity contribution in [3.63, 3.8) is 0 Å². The summed E-state index contributed by atoms with van der Waals surface area (Å²) < 4.78 is 1.95. The number of carboxylic acid groups (broad SMARTS) is 1. The number of anilines is 1. The van der Waals surface area contributed by atoms with Crippen molar-refractivity contribution in [1.82, 2.24) is 19.3 Å². The van der Waals surface area contributed by atoms with Crippen LogP contribution < -0.4 is 16.6 Å². The van der Waals surface area contributed by atoms with E-state index in [-0.39, 0.29) is 11.3 Å². The Morgan fingerprint density at radius 2 is 2.00 bits per heavy atom. The highest BCUT2D eigenvalue weighted by atomic mass is 16.4. The van der Waals surface area contributed by atoms with Gasteiger partial charge in [-0.15, -0.1) is 0 Å². The molecule has 2 aromatic rings. The average molecular weight is 321 g/mol. The van der Waals surface area contributed by atoms with Crippen molar-refractivity contribution in [2.24, 2.45) is 7.05 Å². The van der Waals surface area contributed by atoms with E-state index in [1.807, 2.05) is 0 Å². The fourth-order valence-corrected chi connectivity index (χ4v) is 1.72. The number of aromatic nitrogens is 4. The molecule has 10 heteroatoms. The molecule has 0 aliphatic heterocycles. The lowest BCUT2D eigenvalue weighted by atomic mass is 10.1. The van der Waals surface area contributed by atoms with Crippen molar-refractivity contribution in [2.75, 3.05) is 5.32 Å². The Labute approximate surface area is 129 Å². The van der Waals surface area contributed by atoms with E-state index in [0.29, 0.717) is 0 Å². The zero-order valence-electron chi connectivity index (χ0n) is 12.7. The van der Waals surface area contributed by atoms with Gasteiger partial charge in [0.15, 0.2) is 5.54 Å². The number of rotatable bonds is 4. The van der Waals surface area contributed by atoms with E-state index in [9.17, 15) is 19.2 Å². The lowest BCUT2D eigenvalue weighted by Crippen LogP contribution is -2.37. The molecule has 0 saturated heterocycles. The van der Waals surface area contributed by atoms with Crippen molar-refractivity contribution in [2.45, 2.75) is 19.4 Å². The van der Waals surface area contributed by atoms with Crippen LogP contribution in [0.2, 0.25) is 0 Å². The van der Waals surface area contributed by atoms with Crippen LogP contribution in [0.1, 0.15) is 24.2 Å². The molecule has 0 unspecified atom stereocenters. The largest absolute Gasteiger partial charge is 0.479 e. The second kappa shape index (κ2) is 5.55. The molecular weight excluding hydrogens is 306 g/mol. The number of hydrogen-bond donors (Lipinski definition) is 3. The van der Waals surface area contributed by atoms with Crippen LogP contribution in [0.3, 0.4) is 0 Å². The van der Waals surface area contributed by atoms with Gasteiger partial charge in [-0.3, -0.25) is 18.8 Å². The molecule has 0 spiro atoms. The van der Waals surface area contributed by atoms with Gasteiger partial charge in [0.05, 0.1) is 11.9 Å². The molecule has 23 heavy (non-hydrogen) atoms. The molecule has 0 radical (unpaired) electrons. The number of carbonyl (C=O) groups is 2. The van der Waals surface area contributed by atoms with Crippen molar-refractivity contribution in [3.8, 4) is 0 Å². The minimum absolute atomic E-state index is 0.220. The number of hydrogen-bond acceptors (Lipinski definition) is 5. The third kappa shape index (κ3) is 2.91. The van der Waals surface area contributed by atoms with E-state index in [1.54, 1.807) is 0 Å². The molecule has 2 heterocycles. The van der Waals surface area contributed by atoms with Crippen LogP contribution in [-0.2, 0) is 17.4 Å². The minimum Gasteiger partial charge on any atom is -0.479 e. The van der Waals surface area contributed by atoms with E-state index >= 15 is 0 Å². The van der Waals surface area contributed by atoms with Gasteiger partial charge in [-0.25, -0.2) is 9.59 Å². The summed E-state index contributed by atoms with van der Waals surface area (Å²) in [6.07, 6.45) is 3.62. The molecule has 0 atom stereocenters. The number of carbonyl (C=O) groups excluding carboxylic acids is 1. The first-order valence-electron chi connectivity index (χ1n) is 6.53. The fourth-order valence-electron chi connectivity index (χ4n) is 1.72. The van der Waals surface area contributed by atoms with Gasteiger partial charge in [0.2, 0.25) is 0 Å². The van der Waals surface area contributed by atoms with Crippen LogP contribution in [-0.4, -0.2) is 36.3 Å². The molecule has 0 saturated carbocycles. The first-order chi connectivity index (χ1) is 10.6. The molecule has 2 aromatic heterocycles. The topological polar surface area (TPSA) is 139 Å². The van der Waals surface area contributed by atoms with Gasteiger partial charge in [0.25, 0.3) is 11.5 Å². The molecule has 1 amide bonds. The van der Waals surface area contributed by atoms with Crippen LogP contribution in [0.15, 0.2) is 28.2 Å². The quantitative estimate of drug-likeness (QED) is 0.683. The van der Waals surface area contributed by atoms with Crippen molar-refractivity contribution < 1.29 is 14.7 Å². The van der Waals surface area contributed by atoms with Gasteiger partial charge >= 0.3 is 11.7 Å². The molecule has 3 N–H and O–H groups in total. The lowest BCUT2D eigenvalue weighted by Gasteiger charge is -2.19. The zero-order valence-corrected chi connectivity index (χ0v) is 12.7. The van der Waals surface area contributed by atoms with E-state index in [4.69, 9.17) is 5.11 Å². The molecule has 2 rings (SSSR count). The summed E-state index contributed by atoms with van der Waals surface area (Å²) in [7, 11) is 1.24. The van der Waals surface area contributed by atoms with E-state index in [0.717, 1.165) is 10.8 Å². The lowest BCUT2D eigenvalue weighted by molar-refractivity contribution is -0.146. The first-order valence-corrected chi connectivity index (χ1v) is 6.53. The van der Waals surface area contributed by atoms with Crippen LogP contribution in [0.4, 0.5) is 5.69 Å². The van der Waals surface area contributed by atoms with Crippen LogP contribution in [0.5, 0.6) is 0 Å². The summed E-state index contributed by atoms with van der Waals surface area (Å²) in [5.74, 6) is -1.83. The third-order valence-corrected chi connectivity index (χ3v) is 3.36. The monoisotopic (exact) mass is 321 g/mol. The van der Waals surface area contributed by atoms with Gasteiger partial charge in [-0.1, -0.05) is 0 Å². The second-order valence-electron chi connectivity index (χ2n) is 5.36. The van der Waals surface area contributed by atoms with E-state index in [2.05, 4.69) is 15.4 Å². The van der Waals surface area contributed by atoms with E-state index in [1.165, 1.54) is 38.0 Å². The molecule has 10 nitrogen and oxygen atoms in total. The Balaban J connectivity index is 2.28. The van der Waals surface area contributed by atoms with Crippen molar-refractivity contribution >= 4 is 17.6 Å². The predicted octanol–water partition coefficient (Wildman–Crippen LogP) is -0.658. The number of nitrogens with zero attached hydrogens (tertiary/aromatic N) is 3. The average Bonchev–Trinajstić information content (AvgIpc) is 2.93. The van der Waals surface area contributed by atoms with Gasteiger partial charge in [-0.2, -0.15) is 5.10 Å². The summed E-state index contributed by atoms with van der Waals surface area (Å²) in [5.41, 5.74) is -2.71. The summed E-state index contributed by atoms with van der Waals surface area (Å²) >= 11 is 0. The van der Waals surface area contributed by atoms with Gasteiger partial charge < -0.3 is 15.4 Å². The molecule has 0 aliphatic rings. The maximum absolute atomic E-state index is 12.1. The Bertz CT molecular complexity index is 889. The number of H-pyrrole nitrogens is 1. The van der Waals surface area contributed by atoms with Crippen molar-refractivity contribution in [3.05, 3.63) is 45.0 Å². The molecule has 0 aromatic carbocycles. The Morgan fingerprint density at radius 1 is 1.35 bits per heavy atom. The third-order valence-electron chi connectivity index (χ3n) is 3.36. The smallest absolute Gasteiger partial charge is 0.331 e. The Kier molecular flexibility index (Phi) is 3.91. The zero-order chi connectivity index (χ0) is 17.4. The van der Waals surface area contributed by atoms with E-state index < -0.39 is 28.7 Å².